The van der Waals surface area contributed by atoms with E-state index in [1.807, 2.05) is 38.1 Å². The molecule has 35 heavy (non-hydrogen) atoms. The molecule has 0 radical (unpaired) electrons. The van der Waals surface area contributed by atoms with Crippen molar-refractivity contribution in [1.82, 2.24) is 20.1 Å². The van der Waals surface area contributed by atoms with Gasteiger partial charge in [-0.15, -0.1) is 0 Å². The number of aliphatic hydroxyl groups is 1. The maximum absolute atomic E-state index is 13.7. The van der Waals surface area contributed by atoms with Crippen LogP contribution in [-0.4, -0.2) is 75.3 Å². The minimum absolute atomic E-state index is 0.0171. The third-order valence-electron chi connectivity index (χ3n) is 6.94. The molecule has 2 aromatic carbocycles. The molecular formula is C26H30N4O5. The second-order valence-electron chi connectivity index (χ2n) is 9.19. The standard InChI is InChI=1S/C26H30N4O5/c1-3-35-18-7-8-21-19(14-18)20-15-26(2)24(33)29(11-9-27-10-12-31)25(34)30(26)23(22(20)28-21)16-5-4-6-17(32)13-16/h4-8,13-14,23,27-28,31-32H,3,9-12,15H2,1-2H3/t23-,26+/m1/s1. The zero-order valence-electron chi connectivity index (χ0n) is 19.9. The molecule has 3 amide bonds. The molecule has 3 aromatic rings. The number of aromatic nitrogens is 1. The van der Waals surface area contributed by atoms with E-state index < -0.39 is 11.6 Å². The van der Waals surface area contributed by atoms with Gasteiger partial charge in [-0.1, -0.05) is 12.1 Å². The number of carbonyl (C=O) groups excluding carboxylic acids is 2. The molecule has 0 bridgehead atoms. The summed E-state index contributed by atoms with van der Waals surface area (Å²) in [4.78, 5) is 33.9. The van der Waals surface area contributed by atoms with Crippen LogP contribution in [0.15, 0.2) is 42.5 Å². The zero-order chi connectivity index (χ0) is 24.7. The Kier molecular flexibility index (Phi) is 5.90. The van der Waals surface area contributed by atoms with Crippen LogP contribution in [0, 0.1) is 0 Å². The normalized spacial score (nSPS) is 21.5. The number of aliphatic hydroxyl groups excluding tert-OH is 1. The number of aromatic hydroxyl groups is 1. The van der Waals surface area contributed by atoms with Crippen LogP contribution in [0.1, 0.15) is 36.7 Å². The highest BCUT2D eigenvalue weighted by Crippen LogP contribution is 2.49. The number of hydrogen-bond acceptors (Lipinski definition) is 6. The van der Waals surface area contributed by atoms with Gasteiger partial charge in [-0.25, -0.2) is 4.79 Å². The van der Waals surface area contributed by atoms with Gasteiger partial charge in [-0.05, 0) is 55.3 Å². The molecule has 5 rings (SSSR count). The van der Waals surface area contributed by atoms with E-state index in [1.54, 1.807) is 23.1 Å². The summed E-state index contributed by atoms with van der Waals surface area (Å²) < 4.78 is 5.72. The number of imide groups is 1. The van der Waals surface area contributed by atoms with Crippen molar-refractivity contribution in [3.63, 3.8) is 0 Å². The fourth-order valence-electron chi connectivity index (χ4n) is 5.38. The molecule has 0 unspecified atom stereocenters. The van der Waals surface area contributed by atoms with Crippen molar-refractivity contribution in [1.29, 1.82) is 0 Å². The van der Waals surface area contributed by atoms with Gasteiger partial charge in [0.15, 0.2) is 0 Å². The topological polar surface area (TPSA) is 118 Å². The quantitative estimate of drug-likeness (QED) is 0.292. The Hall–Kier alpha value is -3.56. The van der Waals surface area contributed by atoms with Crippen LogP contribution in [0.25, 0.3) is 10.9 Å². The Balaban J connectivity index is 1.64. The molecular weight excluding hydrogens is 448 g/mol. The summed E-state index contributed by atoms with van der Waals surface area (Å²) in [6.07, 6.45) is 0.359. The molecule has 1 aromatic heterocycles. The lowest BCUT2D eigenvalue weighted by Gasteiger charge is -2.42. The molecule has 2 atom stereocenters. The number of benzene rings is 2. The van der Waals surface area contributed by atoms with Crippen LogP contribution in [0.2, 0.25) is 0 Å². The van der Waals surface area contributed by atoms with E-state index in [2.05, 4.69) is 10.3 Å². The number of fused-ring (bicyclic) bond motifs is 4. The predicted molar refractivity (Wildman–Crippen MR) is 130 cm³/mol. The molecule has 9 heteroatoms. The number of urea groups is 1. The first kappa shape index (κ1) is 23.2. The van der Waals surface area contributed by atoms with Crippen molar-refractivity contribution in [3.05, 3.63) is 59.3 Å². The van der Waals surface area contributed by atoms with E-state index in [0.717, 1.165) is 33.5 Å². The average molecular weight is 479 g/mol. The van der Waals surface area contributed by atoms with E-state index >= 15 is 0 Å². The number of phenolic OH excluding ortho intramolecular Hbond substituents is 1. The van der Waals surface area contributed by atoms with E-state index in [-0.39, 0.29) is 30.8 Å². The maximum atomic E-state index is 13.7. The number of aromatic amines is 1. The summed E-state index contributed by atoms with van der Waals surface area (Å²) in [7, 11) is 0. The molecule has 0 spiro atoms. The number of H-pyrrole nitrogens is 1. The first-order valence-electron chi connectivity index (χ1n) is 11.9. The molecule has 0 saturated carbocycles. The lowest BCUT2D eigenvalue weighted by atomic mass is 9.81. The van der Waals surface area contributed by atoms with Crippen molar-refractivity contribution >= 4 is 22.8 Å². The SMILES string of the molecule is CCOc1ccc2[nH]c3c(c2c1)C[C@@]1(C)C(=O)N(CCNCCO)C(=O)N1[C@@H]3c1cccc(O)c1. The van der Waals surface area contributed by atoms with Crippen LogP contribution in [0.3, 0.4) is 0 Å². The summed E-state index contributed by atoms with van der Waals surface area (Å²) in [6.45, 7) is 5.27. The van der Waals surface area contributed by atoms with Gasteiger partial charge in [-0.2, -0.15) is 0 Å². The minimum Gasteiger partial charge on any atom is -0.508 e. The zero-order valence-corrected chi connectivity index (χ0v) is 19.9. The summed E-state index contributed by atoms with van der Waals surface area (Å²) >= 11 is 0. The summed E-state index contributed by atoms with van der Waals surface area (Å²) in [5, 5.41) is 23.2. The number of nitrogens with zero attached hydrogens (tertiary/aromatic N) is 2. The van der Waals surface area contributed by atoms with Gasteiger partial charge in [0, 0.05) is 42.7 Å². The van der Waals surface area contributed by atoms with Gasteiger partial charge < -0.3 is 25.3 Å². The molecule has 2 aliphatic heterocycles. The summed E-state index contributed by atoms with van der Waals surface area (Å²) in [5.74, 6) is 0.585. The Morgan fingerprint density at radius 3 is 2.77 bits per heavy atom. The second-order valence-corrected chi connectivity index (χ2v) is 9.19. The lowest BCUT2D eigenvalue weighted by Crippen LogP contribution is -2.53. The van der Waals surface area contributed by atoms with Crippen molar-refractivity contribution in [2.75, 3.05) is 32.8 Å². The largest absolute Gasteiger partial charge is 0.508 e. The van der Waals surface area contributed by atoms with Crippen molar-refractivity contribution in [2.24, 2.45) is 0 Å². The van der Waals surface area contributed by atoms with Gasteiger partial charge >= 0.3 is 6.03 Å². The van der Waals surface area contributed by atoms with E-state index in [9.17, 15) is 14.7 Å². The van der Waals surface area contributed by atoms with E-state index in [0.29, 0.717) is 26.1 Å². The van der Waals surface area contributed by atoms with Crippen LogP contribution < -0.4 is 10.1 Å². The van der Waals surface area contributed by atoms with Crippen molar-refractivity contribution in [3.8, 4) is 11.5 Å². The maximum Gasteiger partial charge on any atom is 0.328 e. The number of amides is 3. The molecule has 2 aliphatic rings. The molecule has 1 saturated heterocycles. The van der Waals surface area contributed by atoms with Gasteiger partial charge in [-0.3, -0.25) is 14.6 Å². The van der Waals surface area contributed by atoms with Crippen molar-refractivity contribution < 1.29 is 24.5 Å². The molecule has 1 fully saturated rings. The van der Waals surface area contributed by atoms with Gasteiger partial charge in [0.25, 0.3) is 5.91 Å². The van der Waals surface area contributed by atoms with Crippen LogP contribution in [-0.2, 0) is 11.2 Å². The number of phenols is 1. The Morgan fingerprint density at radius 2 is 2.03 bits per heavy atom. The number of carbonyl (C=O) groups is 2. The number of rotatable bonds is 8. The highest BCUT2D eigenvalue weighted by molar-refractivity contribution is 6.08. The van der Waals surface area contributed by atoms with Crippen LogP contribution >= 0.6 is 0 Å². The monoisotopic (exact) mass is 478 g/mol. The number of hydrogen-bond donors (Lipinski definition) is 4. The van der Waals surface area contributed by atoms with Gasteiger partial charge in [0.1, 0.15) is 23.1 Å². The van der Waals surface area contributed by atoms with Crippen LogP contribution in [0.4, 0.5) is 4.79 Å². The minimum atomic E-state index is -1.09. The third kappa shape index (κ3) is 3.71. The van der Waals surface area contributed by atoms with Crippen LogP contribution in [0.5, 0.6) is 11.5 Å². The average Bonchev–Trinajstić information content (AvgIpc) is 3.28. The Bertz CT molecular complexity index is 1290. The molecule has 184 valence electrons. The van der Waals surface area contributed by atoms with Gasteiger partial charge in [0.05, 0.1) is 13.2 Å². The molecule has 3 heterocycles. The number of nitrogens with one attached hydrogen (secondary N) is 2. The second kappa shape index (κ2) is 8.90. The van der Waals surface area contributed by atoms with E-state index in [1.165, 1.54) is 4.90 Å². The third-order valence-corrected chi connectivity index (χ3v) is 6.94. The Morgan fingerprint density at radius 1 is 1.20 bits per heavy atom. The van der Waals surface area contributed by atoms with Crippen molar-refractivity contribution in [2.45, 2.75) is 31.8 Å². The molecule has 0 aliphatic carbocycles. The highest BCUT2D eigenvalue weighted by atomic mass is 16.5. The number of ether oxygens (including phenoxy) is 1. The first-order valence-corrected chi connectivity index (χ1v) is 11.9. The lowest BCUT2D eigenvalue weighted by molar-refractivity contribution is -0.133. The van der Waals surface area contributed by atoms with E-state index in [4.69, 9.17) is 9.84 Å². The molecule has 4 N–H and O–H groups in total. The summed E-state index contributed by atoms with van der Waals surface area (Å²) in [6, 6.07) is 11.7. The fraction of sp³-hybridized carbons (Fsp3) is 0.385. The predicted octanol–water partition coefficient (Wildman–Crippen LogP) is 2.52. The molecule has 9 nitrogen and oxygen atoms in total. The fourth-order valence-corrected chi connectivity index (χ4v) is 5.38. The van der Waals surface area contributed by atoms with Gasteiger partial charge in [0.2, 0.25) is 0 Å². The first-order chi connectivity index (χ1) is 16.9. The summed E-state index contributed by atoms with van der Waals surface area (Å²) in [5.41, 5.74) is 2.33. The Labute approximate surface area is 203 Å². The smallest absolute Gasteiger partial charge is 0.328 e. The highest BCUT2D eigenvalue weighted by Gasteiger charge is 2.60.